The maximum absolute atomic E-state index is 12.5. The maximum atomic E-state index is 12.5. The van der Waals surface area contributed by atoms with Gasteiger partial charge in [-0.25, -0.2) is 4.79 Å². The Morgan fingerprint density at radius 3 is 2.37 bits per heavy atom. The molecule has 1 heterocycles. The lowest BCUT2D eigenvalue weighted by molar-refractivity contribution is 0.0566. The van der Waals surface area contributed by atoms with Gasteiger partial charge in [0.1, 0.15) is 12.4 Å². The highest BCUT2D eigenvalue weighted by Crippen LogP contribution is 2.42. The van der Waals surface area contributed by atoms with E-state index in [1.807, 2.05) is 0 Å². The molecular formula is C20H27NO6. The zero-order valence-electron chi connectivity index (χ0n) is 16.8. The Bertz CT molecular complexity index is 835. The summed E-state index contributed by atoms with van der Waals surface area (Å²) in [6.45, 7) is 10.2. The number of likely N-dealkylation sites (N-methyl/N-ethyl adjacent to an activating group) is 1. The van der Waals surface area contributed by atoms with Gasteiger partial charge in [0, 0.05) is 11.9 Å². The minimum Gasteiger partial charge on any atom is -0.493 e. The molecule has 0 radical (unpaired) electrons. The van der Waals surface area contributed by atoms with Gasteiger partial charge in [0.05, 0.1) is 25.2 Å². The van der Waals surface area contributed by atoms with Gasteiger partial charge in [0.25, 0.3) is 0 Å². The Balaban J connectivity index is 2.61. The summed E-state index contributed by atoms with van der Waals surface area (Å²) in [7, 11) is 2.78. The van der Waals surface area contributed by atoms with Gasteiger partial charge in [-0.15, -0.1) is 0 Å². The minimum atomic E-state index is -0.644. The molecule has 0 N–H and O–H groups in total. The number of hydrogen-bond acceptors (Lipinski definition) is 7. The molecule has 148 valence electrons. The van der Waals surface area contributed by atoms with Crippen molar-refractivity contribution in [1.82, 2.24) is 4.90 Å². The lowest BCUT2D eigenvalue weighted by atomic mass is 10.00. The average molecular weight is 377 g/mol. The van der Waals surface area contributed by atoms with E-state index in [1.165, 1.54) is 21.1 Å². The summed E-state index contributed by atoms with van der Waals surface area (Å²) in [4.78, 5) is 26.9. The standard InChI is InChI=1S/C20H27NO6/c1-7-21(8-2)9-10-26-18-15(24-5)11-14-13(4)27-19(20(23)25-6)17(14)16(18)12(3)22/h11H,7-10H2,1-6H3. The van der Waals surface area contributed by atoms with Crippen LogP contribution in [-0.4, -0.2) is 57.1 Å². The SMILES string of the molecule is CCN(CC)CCOc1c(OC)cc2c(C)oc(C(=O)OC)c2c1C(C)=O. The summed E-state index contributed by atoms with van der Waals surface area (Å²) in [5.74, 6) is 0.341. The van der Waals surface area contributed by atoms with Crippen LogP contribution in [0.4, 0.5) is 0 Å². The van der Waals surface area contributed by atoms with Crippen LogP contribution in [0, 0.1) is 6.92 Å². The van der Waals surface area contributed by atoms with E-state index in [1.54, 1.807) is 13.0 Å². The highest BCUT2D eigenvalue weighted by Gasteiger charge is 2.28. The molecule has 2 rings (SSSR count). The second kappa shape index (κ2) is 8.90. The van der Waals surface area contributed by atoms with Crippen LogP contribution in [0.1, 0.15) is 47.4 Å². The Morgan fingerprint density at radius 2 is 1.85 bits per heavy atom. The van der Waals surface area contributed by atoms with E-state index in [9.17, 15) is 9.59 Å². The topological polar surface area (TPSA) is 78.2 Å². The number of aryl methyl sites for hydroxylation is 1. The predicted molar refractivity (Wildman–Crippen MR) is 102 cm³/mol. The number of fused-ring (bicyclic) bond motifs is 1. The van der Waals surface area contributed by atoms with E-state index < -0.39 is 5.97 Å². The highest BCUT2D eigenvalue weighted by molar-refractivity contribution is 6.16. The van der Waals surface area contributed by atoms with Crippen molar-refractivity contribution in [2.24, 2.45) is 0 Å². The number of ketones is 1. The van der Waals surface area contributed by atoms with Crippen LogP contribution in [-0.2, 0) is 4.74 Å². The quantitative estimate of drug-likeness (QED) is 0.489. The first-order valence-corrected chi connectivity index (χ1v) is 8.97. The fourth-order valence-corrected chi connectivity index (χ4v) is 3.10. The van der Waals surface area contributed by atoms with Crippen molar-refractivity contribution in [3.05, 3.63) is 23.2 Å². The molecule has 0 spiro atoms. The number of esters is 1. The molecule has 0 bridgehead atoms. The second-order valence-electron chi connectivity index (χ2n) is 6.12. The first-order chi connectivity index (χ1) is 12.9. The third-order valence-corrected chi connectivity index (χ3v) is 4.60. The van der Waals surface area contributed by atoms with Gasteiger partial charge in [-0.2, -0.15) is 0 Å². The number of ether oxygens (including phenoxy) is 3. The number of carbonyl (C=O) groups excluding carboxylic acids is 2. The molecule has 27 heavy (non-hydrogen) atoms. The summed E-state index contributed by atoms with van der Waals surface area (Å²) in [5, 5.41) is 1.01. The van der Waals surface area contributed by atoms with Crippen LogP contribution in [0.25, 0.3) is 10.8 Å². The van der Waals surface area contributed by atoms with Gasteiger partial charge in [-0.3, -0.25) is 4.79 Å². The zero-order chi connectivity index (χ0) is 20.1. The fraction of sp³-hybridized carbons (Fsp3) is 0.500. The molecule has 7 heteroatoms. The lowest BCUT2D eigenvalue weighted by Crippen LogP contribution is -2.28. The van der Waals surface area contributed by atoms with Gasteiger partial charge in [-0.1, -0.05) is 13.8 Å². The monoisotopic (exact) mass is 377 g/mol. The maximum Gasteiger partial charge on any atom is 0.374 e. The van der Waals surface area contributed by atoms with Crippen LogP contribution in [0.5, 0.6) is 11.5 Å². The number of benzene rings is 1. The van der Waals surface area contributed by atoms with Crippen molar-refractivity contribution in [1.29, 1.82) is 0 Å². The number of methoxy groups -OCH3 is 2. The molecule has 1 aromatic heterocycles. The first-order valence-electron chi connectivity index (χ1n) is 8.97. The number of nitrogens with zero attached hydrogens (tertiary/aromatic N) is 1. The third-order valence-electron chi connectivity index (χ3n) is 4.60. The van der Waals surface area contributed by atoms with Crippen LogP contribution >= 0.6 is 0 Å². The van der Waals surface area contributed by atoms with E-state index in [4.69, 9.17) is 18.6 Å². The highest BCUT2D eigenvalue weighted by atomic mass is 16.5. The number of Topliss-reactive ketones (excluding diaryl/α,β-unsaturated/α-hetero) is 1. The van der Waals surface area contributed by atoms with E-state index in [-0.39, 0.29) is 17.1 Å². The minimum absolute atomic E-state index is 0.00792. The summed E-state index contributed by atoms with van der Waals surface area (Å²) in [6, 6.07) is 1.72. The molecular weight excluding hydrogens is 350 g/mol. The van der Waals surface area contributed by atoms with Crippen molar-refractivity contribution in [2.75, 3.05) is 40.5 Å². The molecule has 0 fully saturated rings. The Hall–Kier alpha value is -2.54. The van der Waals surface area contributed by atoms with Crippen molar-refractivity contribution in [3.8, 4) is 11.5 Å². The molecule has 0 aliphatic heterocycles. The molecule has 1 aromatic carbocycles. The number of rotatable bonds is 9. The third kappa shape index (κ3) is 4.08. The molecule has 0 saturated heterocycles. The molecule has 0 aliphatic carbocycles. The van der Waals surface area contributed by atoms with Gasteiger partial charge in [-0.05, 0) is 33.0 Å². The second-order valence-corrected chi connectivity index (χ2v) is 6.12. The molecule has 0 atom stereocenters. The molecule has 2 aromatic rings. The number of hydrogen-bond donors (Lipinski definition) is 0. The fourth-order valence-electron chi connectivity index (χ4n) is 3.10. The summed E-state index contributed by atoms with van der Waals surface area (Å²) >= 11 is 0. The summed E-state index contributed by atoms with van der Waals surface area (Å²) in [6.07, 6.45) is 0. The largest absolute Gasteiger partial charge is 0.493 e. The number of carbonyl (C=O) groups is 2. The van der Waals surface area contributed by atoms with E-state index >= 15 is 0 Å². The molecule has 7 nitrogen and oxygen atoms in total. The van der Waals surface area contributed by atoms with Gasteiger partial charge >= 0.3 is 5.97 Å². The van der Waals surface area contributed by atoms with Crippen molar-refractivity contribution >= 4 is 22.5 Å². The van der Waals surface area contributed by atoms with Crippen LogP contribution < -0.4 is 9.47 Å². The van der Waals surface area contributed by atoms with Gasteiger partial charge < -0.3 is 23.5 Å². The van der Waals surface area contributed by atoms with E-state index in [0.29, 0.717) is 41.2 Å². The van der Waals surface area contributed by atoms with Gasteiger partial charge in [0.15, 0.2) is 17.3 Å². The van der Waals surface area contributed by atoms with E-state index in [2.05, 4.69) is 18.7 Å². The van der Waals surface area contributed by atoms with Crippen molar-refractivity contribution in [2.45, 2.75) is 27.7 Å². The Morgan fingerprint density at radius 1 is 1.19 bits per heavy atom. The molecule has 0 unspecified atom stereocenters. The Labute approximate surface area is 159 Å². The lowest BCUT2D eigenvalue weighted by Gasteiger charge is -2.20. The van der Waals surface area contributed by atoms with E-state index in [0.717, 1.165) is 13.1 Å². The smallest absolute Gasteiger partial charge is 0.374 e. The zero-order valence-corrected chi connectivity index (χ0v) is 16.8. The molecule has 0 aliphatic rings. The Kier molecular flexibility index (Phi) is 6.85. The number of furan rings is 1. The summed E-state index contributed by atoms with van der Waals surface area (Å²) in [5.41, 5.74) is 0.265. The van der Waals surface area contributed by atoms with Crippen LogP contribution in [0.3, 0.4) is 0 Å². The van der Waals surface area contributed by atoms with Gasteiger partial charge in [0.2, 0.25) is 5.76 Å². The molecule has 0 saturated carbocycles. The normalized spacial score (nSPS) is 11.1. The molecule has 0 amide bonds. The van der Waals surface area contributed by atoms with Crippen molar-refractivity contribution in [3.63, 3.8) is 0 Å². The average Bonchev–Trinajstić information content (AvgIpc) is 2.99. The predicted octanol–water partition coefficient (Wildman–Crippen LogP) is 3.46. The first kappa shape index (κ1) is 20.8. The van der Waals surface area contributed by atoms with Crippen LogP contribution in [0.15, 0.2) is 10.5 Å². The van der Waals surface area contributed by atoms with Crippen LogP contribution in [0.2, 0.25) is 0 Å². The summed E-state index contributed by atoms with van der Waals surface area (Å²) < 4.78 is 21.8. The van der Waals surface area contributed by atoms with Crippen molar-refractivity contribution < 1.29 is 28.2 Å².